The molecule has 1 aromatic heterocycles. The van der Waals surface area contributed by atoms with Crippen molar-refractivity contribution in [3.05, 3.63) is 36.1 Å². The third kappa shape index (κ3) is 1.90. The van der Waals surface area contributed by atoms with Crippen molar-refractivity contribution in [3.63, 3.8) is 0 Å². The van der Waals surface area contributed by atoms with Crippen LogP contribution in [0.2, 0.25) is 0 Å². The molecule has 0 aliphatic heterocycles. The van der Waals surface area contributed by atoms with E-state index in [1.54, 1.807) is 0 Å². The first-order valence-corrected chi connectivity index (χ1v) is 5.46. The fraction of sp³-hybridized carbons (Fsp3) is 0.385. The van der Waals surface area contributed by atoms with E-state index in [1.807, 2.05) is 30.3 Å². The molecule has 2 aromatic rings. The molecule has 2 N–H and O–H groups in total. The molecule has 2 atom stereocenters. The van der Waals surface area contributed by atoms with Gasteiger partial charge in [-0.2, -0.15) is 0 Å². The van der Waals surface area contributed by atoms with Gasteiger partial charge in [0, 0.05) is 5.39 Å². The maximum absolute atomic E-state index is 6.12. The number of nitrogens with two attached hydrogens (primary N) is 1. The van der Waals surface area contributed by atoms with Crippen LogP contribution in [0.4, 0.5) is 0 Å². The maximum Gasteiger partial charge on any atom is 0.134 e. The third-order valence-corrected chi connectivity index (χ3v) is 3.03. The molecule has 1 unspecified atom stereocenters. The molecule has 1 aromatic carbocycles. The average Bonchev–Trinajstić information content (AvgIpc) is 2.70. The Labute approximate surface area is 90.1 Å². The second-order valence-corrected chi connectivity index (χ2v) is 4.10. The standard InChI is InChI=1S/C13H17NO/c1-3-9(2)13(14)12-8-10-6-4-5-7-11(10)15-12/h4-9,13H,3,14H2,1-2H3/t9?,13-/m0/s1. The lowest BCUT2D eigenvalue weighted by atomic mass is 9.98. The summed E-state index contributed by atoms with van der Waals surface area (Å²) in [4.78, 5) is 0. The van der Waals surface area contributed by atoms with Crippen molar-refractivity contribution in [2.24, 2.45) is 11.7 Å². The van der Waals surface area contributed by atoms with Gasteiger partial charge in [-0.15, -0.1) is 0 Å². The Balaban J connectivity index is 2.36. The minimum absolute atomic E-state index is 0.00222. The first-order chi connectivity index (χ1) is 7.22. The highest BCUT2D eigenvalue weighted by atomic mass is 16.3. The van der Waals surface area contributed by atoms with Gasteiger partial charge in [0.2, 0.25) is 0 Å². The van der Waals surface area contributed by atoms with Crippen LogP contribution in [0.5, 0.6) is 0 Å². The Bertz CT molecular complexity index is 413. The summed E-state index contributed by atoms with van der Waals surface area (Å²) in [5.74, 6) is 1.34. The summed E-state index contributed by atoms with van der Waals surface area (Å²) in [6.07, 6.45) is 1.07. The summed E-state index contributed by atoms with van der Waals surface area (Å²) in [5.41, 5.74) is 7.04. The Morgan fingerprint density at radius 2 is 2.07 bits per heavy atom. The van der Waals surface area contributed by atoms with Gasteiger partial charge < -0.3 is 10.2 Å². The quantitative estimate of drug-likeness (QED) is 0.829. The second-order valence-electron chi connectivity index (χ2n) is 4.10. The number of benzene rings is 1. The monoisotopic (exact) mass is 203 g/mol. The Hall–Kier alpha value is -1.28. The van der Waals surface area contributed by atoms with Gasteiger partial charge in [0.25, 0.3) is 0 Å². The lowest BCUT2D eigenvalue weighted by Gasteiger charge is -2.15. The minimum atomic E-state index is 0.00222. The number of para-hydroxylation sites is 1. The molecule has 0 radical (unpaired) electrons. The van der Waals surface area contributed by atoms with Gasteiger partial charge >= 0.3 is 0 Å². The van der Waals surface area contributed by atoms with Crippen molar-refractivity contribution in [3.8, 4) is 0 Å². The van der Waals surface area contributed by atoms with Gasteiger partial charge in [-0.3, -0.25) is 0 Å². The molecule has 2 rings (SSSR count). The summed E-state index contributed by atoms with van der Waals surface area (Å²) in [6.45, 7) is 4.30. The van der Waals surface area contributed by atoms with Crippen LogP contribution >= 0.6 is 0 Å². The summed E-state index contributed by atoms with van der Waals surface area (Å²) in [7, 11) is 0. The highest BCUT2D eigenvalue weighted by molar-refractivity contribution is 5.77. The van der Waals surface area contributed by atoms with E-state index in [0.717, 1.165) is 23.2 Å². The van der Waals surface area contributed by atoms with E-state index in [2.05, 4.69) is 13.8 Å². The Morgan fingerprint density at radius 3 is 2.73 bits per heavy atom. The van der Waals surface area contributed by atoms with Crippen LogP contribution in [0.15, 0.2) is 34.7 Å². The van der Waals surface area contributed by atoms with E-state index in [4.69, 9.17) is 10.2 Å². The highest BCUT2D eigenvalue weighted by Crippen LogP contribution is 2.27. The van der Waals surface area contributed by atoms with Crippen molar-refractivity contribution >= 4 is 11.0 Å². The highest BCUT2D eigenvalue weighted by Gasteiger charge is 2.17. The van der Waals surface area contributed by atoms with Gasteiger partial charge in [-0.1, -0.05) is 38.5 Å². The summed E-state index contributed by atoms with van der Waals surface area (Å²) >= 11 is 0. The molecule has 2 nitrogen and oxygen atoms in total. The van der Waals surface area contributed by atoms with Crippen LogP contribution in [-0.4, -0.2) is 0 Å². The van der Waals surface area contributed by atoms with E-state index in [1.165, 1.54) is 0 Å². The van der Waals surface area contributed by atoms with Gasteiger partial charge in [-0.25, -0.2) is 0 Å². The first kappa shape index (κ1) is 10.2. The fourth-order valence-electron chi connectivity index (χ4n) is 1.70. The lowest BCUT2D eigenvalue weighted by Crippen LogP contribution is -2.17. The van der Waals surface area contributed by atoms with E-state index in [9.17, 15) is 0 Å². The van der Waals surface area contributed by atoms with Crippen LogP contribution < -0.4 is 5.73 Å². The number of rotatable bonds is 3. The van der Waals surface area contributed by atoms with E-state index >= 15 is 0 Å². The van der Waals surface area contributed by atoms with Crippen molar-refractivity contribution in [1.82, 2.24) is 0 Å². The molecule has 1 heterocycles. The number of hydrogen-bond donors (Lipinski definition) is 1. The van der Waals surface area contributed by atoms with Crippen molar-refractivity contribution in [2.75, 3.05) is 0 Å². The SMILES string of the molecule is CCC(C)[C@H](N)c1cc2ccccc2o1. The zero-order chi connectivity index (χ0) is 10.8. The van der Waals surface area contributed by atoms with Crippen LogP contribution in [0.3, 0.4) is 0 Å². The number of furan rings is 1. The van der Waals surface area contributed by atoms with Crippen molar-refractivity contribution in [1.29, 1.82) is 0 Å². The smallest absolute Gasteiger partial charge is 0.134 e. The molecule has 0 bridgehead atoms. The predicted molar refractivity (Wildman–Crippen MR) is 62.6 cm³/mol. The molecule has 2 heteroatoms. The molecule has 0 spiro atoms. The van der Waals surface area contributed by atoms with Gasteiger partial charge in [0.05, 0.1) is 6.04 Å². The van der Waals surface area contributed by atoms with Gasteiger partial charge in [-0.05, 0) is 18.1 Å². The molecule has 0 saturated carbocycles. The number of fused-ring (bicyclic) bond motifs is 1. The molecule has 0 aliphatic carbocycles. The number of hydrogen-bond acceptors (Lipinski definition) is 2. The fourth-order valence-corrected chi connectivity index (χ4v) is 1.70. The zero-order valence-electron chi connectivity index (χ0n) is 9.23. The zero-order valence-corrected chi connectivity index (χ0v) is 9.23. The van der Waals surface area contributed by atoms with E-state index in [0.29, 0.717) is 5.92 Å². The van der Waals surface area contributed by atoms with Crippen molar-refractivity contribution in [2.45, 2.75) is 26.3 Å². The predicted octanol–water partition coefficient (Wildman–Crippen LogP) is 3.48. The Morgan fingerprint density at radius 1 is 1.33 bits per heavy atom. The third-order valence-electron chi connectivity index (χ3n) is 3.03. The molecule has 0 saturated heterocycles. The van der Waals surface area contributed by atoms with E-state index in [-0.39, 0.29) is 6.04 Å². The minimum Gasteiger partial charge on any atom is -0.459 e. The first-order valence-electron chi connectivity index (χ1n) is 5.46. The molecule has 0 fully saturated rings. The molecular weight excluding hydrogens is 186 g/mol. The van der Waals surface area contributed by atoms with Crippen LogP contribution in [0, 0.1) is 5.92 Å². The Kier molecular flexibility index (Phi) is 2.78. The topological polar surface area (TPSA) is 39.2 Å². The molecule has 15 heavy (non-hydrogen) atoms. The summed E-state index contributed by atoms with van der Waals surface area (Å²) < 4.78 is 5.73. The average molecular weight is 203 g/mol. The second kappa shape index (κ2) is 4.07. The van der Waals surface area contributed by atoms with Gasteiger partial charge in [0.1, 0.15) is 11.3 Å². The van der Waals surface area contributed by atoms with Crippen LogP contribution in [0.25, 0.3) is 11.0 Å². The molecular formula is C13H17NO. The molecule has 0 amide bonds. The largest absolute Gasteiger partial charge is 0.459 e. The van der Waals surface area contributed by atoms with Crippen LogP contribution in [-0.2, 0) is 0 Å². The lowest BCUT2D eigenvalue weighted by molar-refractivity contribution is 0.388. The summed E-state index contributed by atoms with van der Waals surface area (Å²) in [5, 5.41) is 1.13. The summed E-state index contributed by atoms with van der Waals surface area (Å²) in [6, 6.07) is 10.1. The molecule has 0 aliphatic rings. The van der Waals surface area contributed by atoms with Gasteiger partial charge in [0.15, 0.2) is 0 Å². The van der Waals surface area contributed by atoms with Crippen LogP contribution in [0.1, 0.15) is 32.1 Å². The maximum atomic E-state index is 6.12. The molecule has 80 valence electrons. The van der Waals surface area contributed by atoms with Crippen molar-refractivity contribution < 1.29 is 4.42 Å². The van der Waals surface area contributed by atoms with E-state index < -0.39 is 0 Å². The normalized spacial score (nSPS) is 15.4.